The van der Waals surface area contributed by atoms with Crippen molar-refractivity contribution in [1.82, 2.24) is 19.0 Å². The fourth-order valence-electron chi connectivity index (χ4n) is 1.93. The van der Waals surface area contributed by atoms with Crippen LogP contribution in [-0.4, -0.2) is 61.1 Å². The highest BCUT2D eigenvalue weighted by Crippen LogP contribution is 2.21. The number of rotatable bonds is 8. The van der Waals surface area contributed by atoms with Gasteiger partial charge in [-0.1, -0.05) is 6.92 Å². The van der Waals surface area contributed by atoms with E-state index in [2.05, 4.69) is 5.10 Å². The van der Waals surface area contributed by atoms with Crippen molar-refractivity contribution < 1.29 is 8.42 Å². The maximum Gasteiger partial charge on any atom is 0.248 e. The molecule has 0 spiro atoms. The molecule has 2 N–H and O–H groups in total. The summed E-state index contributed by atoms with van der Waals surface area (Å²) in [5, 5.41) is 4.00. The topological polar surface area (TPSA) is 84.5 Å². The molecule has 0 bridgehead atoms. The smallest absolute Gasteiger partial charge is 0.248 e. The molecule has 1 aromatic rings. The molecular weight excluding hydrogens is 278 g/mol. The summed E-state index contributed by atoms with van der Waals surface area (Å²) in [5.74, 6) is 0.0675. The third-order valence-electron chi connectivity index (χ3n) is 3.06. The number of nitrogens with two attached hydrogens (primary N) is 1. The molecule has 0 aliphatic carbocycles. The summed E-state index contributed by atoms with van der Waals surface area (Å²) in [4.78, 5) is 2.13. The van der Waals surface area contributed by atoms with Crippen LogP contribution in [0.3, 0.4) is 0 Å². The molecule has 0 unspecified atom stereocenters. The van der Waals surface area contributed by atoms with Crippen LogP contribution in [0.1, 0.15) is 20.3 Å². The lowest BCUT2D eigenvalue weighted by Gasteiger charge is -2.20. The largest absolute Gasteiger partial charge is 0.381 e. The molecular formula is C12H25N5O2S. The standard InChI is InChI=1S/C12H25N5O2S/c1-5-16-10-11(12(13)14-16)20(18,19)17(6-2)9-7-8-15(3)4/h10H,5-9H2,1-4H3,(H2,13,14). The maximum atomic E-state index is 12.6. The molecule has 0 aliphatic rings. The molecule has 0 aromatic carbocycles. The molecule has 0 fully saturated rings. The summed E-state index contributed by atoms with van der Waals surface area (Å²) in [5.41, 5.74) is 5.73. The van der Waals surface area contributed by atoms with Gasteiger partial charge in [-0.25, -0.2) is 8.42 Å². The Morgan fingerprint density at radius 2 is 1.95 bits per heavy atom. The molecule has 0 saturated heterocycles. The van der Waals surface area contributed by atoms with E-state index in [1.165, 1.54) is 15.2 Å². The van der Waals surface area contributed by atoms with Crippen molar-refractivity contribution in [1.29, 1.82) is 0 Å². The van der Waals surface area contributed by atoms with Crippen molar-refractivity contribution >= 4 is 15.8 Å². The number of sulfonamides is 1. The van der Waals surface area contributed by atoms with Crippen LogP contribution in [0.2, 0.25) is 0 Å². The Morgan fingerprint density at radius 3 is 2.40 bits per heavy atom. The molecule has 0 atom stereocenters. The van der Waals surface area contributed by atoms with Crippen molar-refractivity contribution in [2.45, 2.75) is 31.7 Å². The molecule has 1 rings (SSSR count). The van der Waals surface area contributed by atoms with Crippen LogP contribution in [0.15, 0.2) is 11.1 Å². The number of hydrogen-bond acceptors (Lipinski definition) is 5. The molecule has 116 valence electrons. The number of nitrogens with zero attached hydrogens (tertiary/aromatic N) is 4. The molecule has 1 heterocycles. The third-order valence-corrected chi connectivity index (χ3v) is 5.05. The van der Waals surface area contributed by atoms with Gasteiger partial charge in [0.05, 0.1) is 0 Å². The van der Waals surface area contributed by atoms with Crippen LogP contribution >= 0.6 is 0 Å². The van der Waals surface area contributed by atoms with Crippen LogP contribution in [0.4, 0.5) is 5.82 Å². The summed E-state index contributed by atoms with van der Waals surface area (Å²) < 4.78 is 28.1. The molecule has 8 heteroatoms. The summed E-state index contributed by atoms with van der Waals surface area (Å²) in [6.07, 6.45) is 2.28. The Labute approximate surface area is 121 Å². The van der Waals surface area contributed by atoms with E-state index >= 15 is 0 Å². The molecule has 20 heavy (non-hydrogen) atoms. The highest BCUT2D eigenvalue weighted by molar-refractivity contribution is 7.89. The van der Waals surface area contributed by atoms with Gasteiger partial charge in [-0.15, -0.1) is 0 Å². The third kappa shape index (κ3) is 3.94. The van der Waals surface area contributed by atoms with E-state index in [1.807, 2.05) is 32.8 Å². The highest BCUT2D eigenvalue weighted by Gasteiger charge is 2.27. The van der Waals surface area contributed by atoms with E-state index in [9.17, 15) is 8.42 Å². The van der Waals surface area contributed by atoms with Gasteiger partial charge in [0.15, 0.2) is 5.82 Å². The van der Waals surface area contributed by atoms with Gasteiger partial charge in [0.1, 0.15) is 4.90 Å². The Hall–Kier alpha value is -1.12. The minimum Gasteiger partial charge on any atom is -0.381 e. The first-order valence-corrected chi connectivity index (χ1v) is 8.24. The van der Waals surface area contributed by atoms with Crippen LogP contribution in [0.25, 0.3) is 0 Å². The zero-order valence-corrected chi connectivity index (χ0v) is 13.5. The van der Waals surface area contributed by atoms with Crippen molar-refractivity contribution in [2.24, 2.45) is 0 Å². The lowest BCUT2D eigenvalue weighted by atomic mass is 10.4. The zero-order valence-electron chi connectivity index (χ0n) is 12.7. The summed E-state index contributed by atoms with van der Waals surface area (Å²) >= 11 is 0. The fourth-order valence-corrected chi connectivity index (χ4v) is 3.48. The maximum absolute atomic E-state index is 12.6. The number of nitrogen functional groups attached to an aromatic ring is 1. The van der Waals surface area contributed by atoms with E-state index in [0.717, 1.165) is 13.0 Å². The van der Waals surface area contributed by atoms with Crippen LogP contribution in [0, 0.1) is 0 Å². The first-order valence-electron chi connectivity index (χ1n) is 6.80. The number of aromatic nitrogens is 2. The van der Waals surface area contributed by atoms with Crippen molar-refractivity contribution in [3.05, 3.63) is 6.20 Å². The first-order chi connectivity index (χ1) is 9.32. The lowest BCUT2D eigenvalue weighted by molar-refractivity contribution is 0.356. The lowest BCUT2D eigenvalue weighted by Crippen LogP contribution is -2.33. The first kappa shape index (κ1) is 16.9. The molecule has 0 amide bonds. The molecule has 1 aromatic heterocycles. The normalized spacial score (nSPS) is 12.5. The van der Waals surface area contributed by atoms with Crippen molar-refractivity contribution in [3.63, 3.8) is 0 Å². The predicted molar refractivity (Wildman–Crippen MR) is 79.9 cm³/mol. The van der Waals surface area contributed by atoms with Crippen LogP contribution < -0.4 is 5.73 Å². The molecule has 7 nitrogen and oxygen atoms in total. The Kier molecular flexibility index (Phi) is 5.97. The number of aryl methyl sites for hydroxylation is 1. The predicted octanol–water partition coefficient (Wildman–Crippen LogP) is 0.448. The van der Waals surface area contributed by atoms with Gasteiger partial charge in [-0.05, 0) is 34.0 Å². The van der Waals surface area contributed by atoms with E-state index in [0.29, 0.717) is 19.6 Å². The Bertz CT molecular complexity index is 524. The highest BCUT2D eigenvalue weighted by atomic mass is 32.2. The summed E-state index contributed by atoms with van der Waals surface area (Å²) in [7, 11) is 0.370. The van der Waals surface area contributed by atoms with Crippen LogP contribution in [-0.2, 0) is 16.6 Å². The minimum atomic E-state index is -3.56. The average molecular weight is 303 g/mol. The number of anilines is 1. The van der Waals surface area contributed by atoms with Crippen LogP contribution in [0.5, 0.6) is 0 Å². The molecule has 0 radical (unpaired) electrons. The van der Waals surface area contributed by atoms with Gasteiger partial charge in [0.25, 0.3) is 0 Å². The average Bonchev–Trinajstić information content (AvgIpc) is 2.76. The van der Waals surface area contributed by atoms with Gasteiger partial charge in [0.2, 0.25) is 10.0 Å². The van der Waals surface area contributed by atoms with E-state index in [1.54, 1.807) is 0 Å². The fraction of sp³-hybridized carbons (Fsp3) is 0.750. The van der Waals surface area contributed by atoms with E-state index in [-0.39, 0.29) is 10.7 Å². The van der Waals surface area contributed by atoms with Gasteiger partial charge in [-0.2, -0.15) is 9.40 Å². The Morgan fingerprint density at radius 1 is 1.30 bits per heavy atom. The summed E-state index contributed by atoms with van der Waals surface area (Å²) in [6, 6.07) is 0. The van der Waals surface area contributed by atoms with Gasteiger partial charge >= 0.3 is 0 Å². The minimum absolute atomic E-state index is 0.0675. The van der Waals surface area contributed by atoms with Gasteiger partial charge in [-0.3, -0.25) is 4.68 Å². The second-order valence-electron chi connectivity index (χ2n) is 4.89. The Balaban J connectivity index is 2.90. The second-order valence-corrected chi connectivity index (χ2v) is 6.79. The van der Waals surface area contributed by atoms with E-state index in [4.69, 9.17) is 5.73 Å². The molecule has 0 aliphatic heterocycles. The quantitative estimate of drug-likeness (QED) is 0.753. The zero-order chi connectivity index (χ0) is 15.3. The second kappa shape index (κ2) is 7.05. The van der Waals surface area contributed by atoms with Crippen molar-refractivity contribution in [3.8, 4) is 0 Å². The van der Waals surface area contributed by atoms with E-state index < -0.39 is 10.0 Å². The monoisotopic (exact) mass is 303 g/mol. The number of hydrogen-bond donors (Lipinski definition) is 1. The SMILES string of the molecule is CCN(CCCN(C)C)S(=O)(=O)c1cn(CC)nc1N. The van der Waals surface area contributed by atoms with Crippen molar-refractivity contribution in [2.75, 3.05) is 39.5 Å². The van der Waals surface area contributed by atoms with Gasteiger partial charge in [0, 0.05) is 25.8 Å². The molecule has 0 saturated carbocycles. The van der Waals surface area contributed by atoms with Gasteiger partial charge < -0.3 is 10.6 Å². The summed E-state index contributed by atoms with van der Waals surface area (Å²) in [6.45, 7) is 6.05.